The molecule has 2 aliphatic heterocycles. The van der Waals surface area contributed by atoms with Crippen LogP contribution in [0.4, 0.5) is 0 Å². The standard InChI is InChI=1S/C24H27N3O3/c1-17-8-7-11-19(12-17)22(29)27-14-20-13-26(21(28)18-9-5-4-6-10-18)15-24(20,16-27)23(30)25(2)3/h4-12,20H,13-16H2,1-3H3/t20-,24-/m0/s1. The van der Waals surface area contributed by atoms with E-state index in [2.05, 4.69) is 0 Å². The summed E-state index contributed by atoms with van der Waals surface area (Å²) in [7, 11) is 3.47. The fourth-order valence-corrected chi connectivity index (χ4v) is 4.85. The zero-order valence-electron chi connectivity index (χ0n) is 17.7. The predicted octanol–water partition coefficient (Wildman–Crippen LogP) is 2.30. The lowest BCUT2D eigenvalue weighted by Crippen LogP contribution is -2.48. The molecule has 2 aromatic carbocycles. The number of hydrogen-bond donors (Lipinski definition) is 0. The molecule has 2 saturated heterocycles. The van der Waals surface area contributed by atoms with Gasteiger partial charge in [0.2, 0.25) is 5.91 Å². The third kappa shape index (κ3) is 3.36. The second kappa shape index (κ2) is 7.59. The molecule has 6 heteroatoms. The highest BCUT2D eigenvalue weighted by atomic mass is 16.2. The highest BCUT2D eigenvalue weighted by molar-refractivity contribution is 5.97. The Labute approximate surface area is 177 Å². The molecule has 0 spiro atoms. The van der Waals surface area contributed by atoms with E-state index in [1.54, 1.807) is 40.9 Å². The van der Waals surface area contributed by atoms with Crippen molar-refractivity contribution in [1.82, 2.24) is 14.7 Å². The van der Waals surface area contributed by atoms with Gasteiger partial charge in [-0.25, -0.2) is 0 Å². The van der Waals surface area contributed by atoms with Crippen LogP contribution < -0.4 is 0 Å². The molecule has 0 bridgehead atoms. The van der Waals surface area contributed by atoms with Crippen molar-refractivity contribution >= 4 is 17.7 Å². The Morgan fingerprint density at radius 3 is 2.00 bits per heavy atom. The van der Waals surface area contributed by atoms with Crippen LogP contribution >= 0.6 is 0 Å². The minimum absolute atomic E-state index is 0.0181. The van der Waals surface area contributed by atoms with Crippen molar-refractivity contribution in [3.8, 4) is 0 Å². The first kappa shape index (κ1) is 20.1. The molecule has 30 heavy (non-hydrogen) atoms. The molecule has 0 saturated carbocycles. The van der Waals surface area contributed by atoms with E-state index >= 15 is 0 Å². The van der Waals surface area contributed by atoms with Gasteiger partial charge in [-0.1, -0.05) is 35.9 Å². The third-order valence-corrected chi connectivity index (χ3v) is 6.30. The van der Waals surface area contributed by atoms with Gasteiger partial charge >= 0.3 is 0 Å². The molecule has 2 fully saturated rings. The zero-order valence-corrected chi connectivity index (χ0v) is 17.7. The van der Waals surface area contributed by atoms with Gasteiger partial charge in [0.25, 0.3) is 11.8 Å². The Bertz CT molecular complexity index is 988. The van der Waals surface area contributed by atoms with E-state index in [-0.39, 0.29) is 23.6 Å². The van der Waals surface area contributed by atoms with Crippen molar-refractivity contribution in [3.63, 3.8) is 0 Å². The van der Waals surface area contributed by atoms with Crippen LogP contribution in [-0.2, 0) is 4.79 Å². The number of likely N-dealkylation sites (tertiary alicyclic amines) is 2. The van der Waals surface area contributed by atoms with Crippen LogP contribution in [0, 0.1) is 18.3 Å². The maximum atomic E-state index is 13.3. The fourth-order valence-electron chi connectivity index (χ4n) is 4.85. The SMILES string of the molecule is Cc1cccc(C(=O)N2C[C@@H]3CN(C(=O)c4ccccc4)C[C@]3(C(=O)N(C)C)C2)c1. The van der Waals surface area contributed by atoms with Crippen LogP contribution in [0.15, 0.2) is 54.6 Å². The number of amides is 3. The molecule has 0 unspecified atom stereocenters. The Hall–Kier alpha value is -3.15. The summed E-state index contributed by atoms with van der Waals surface area (Å²) in [5.74, 6) is -0.211. The van der Waals surface area contributed by atoms with Crippen molar-refractivity contribution in [3.05, 3.63) is 71.3 Å². The van der Waals surface area contributed by atoms with Crippen molar-refractivity contribution in [1.29, 1.82) is 0 Å². The van der Waals surface area contributed by atoms with Gasteiger partial charge in [-0.3, -0.25) is 14.4 Å². The molecular weight excluding hydrogens is 378 g/mol. The second-order valence-electron chi connectivity index (χ2n) is 8.66. The van der Waals surface area contributed by atoms with Gasteiger partial charge in [-0.2, -0.15) is 0 Å². The van der Waals surface area contributed by atoms with Gasteiger partial charge in [0.05, 0.1) is 5.41 Å². The Balaban J connectivity index is 1.60. The molecule has 0 aromatic heterocycles. The molecule has 0 aliphatic carbocycles. The van der Waals surface area contributed by atoms with Crippen LogP contribution in [0.1, 0.15) is 26.3 Å². The topological polar surface area (TPSA) is 60.9 Å². The summed E-state index contributed by atoms with van der Waals surface area (Å²) in [5, 5.41) is 0. The smallest absolute Gasteiger partial charge is 0.253 e. The highest BCUT2D eigenvalue weighted by Crippen LogP contribution is 2.44. The minimum atomic E-state index is -0.757. The van der Waals surface area contributed by atoms with Gasteiger partial charge in [0, 0.05) is 57.3 Å². The quantitative estimate of drug-likeness (QED) is 0.787. The van der Waals surface area contributed by atoms with E-state index in [9.17, 15) is 14.4 Å². The largest absolute Gasteiger partial charge is 0.348 e. The number of carbonyl (C=O) groups excluding carboxylic acids is 3. The van der Waals surface area contributed by atoms with E-state index in [1.807, 2.05) is 49.4 Å². The molecule has 6 nitrogen and oxygen atoms in total. The zero-order chi connectivity index (χ0) is 21.5. The maximum absolute atomic E-state index is 13.3. The fraction of sp³-hybridized carbons (Fsp3) is 0.375. The number of nitrogens with zero attached hydrogens (tertiary/aromatic N) is 3. The van der Waals surface area contributed by atoms with Crippen LogP contribution in [0.5, 0.6) is 0 Å². The van der Waals surface area contributed by atoms with Gasteiger partial charge < -0.3 is 14.7 Å². The molecule has 156 valence electrons. The first-order valence-corrected chi connectivity index (χ1v) is 10.2. The van der Waals surface area contributed by atoms with Crippen molar-refractivity contribution < 1.29 is 14.4 Å². The predicted molar refractivity (Wildman–Crippen MR) is 114 cm³/mol. The summed E-state index contributed by atoms with van der Waals surface area (Å²) in [6, 6.07) is 16.7. The summed E-state index contributed by atoms with van der Waals surface area (Å²) < 4.78 is 0. The Kier molecular flexibility index (Phi) is 5.10. The molecule has 2 aliphatic rings. The second-order valence-corrected chi connectivity index (χ2v) is 8.66. The monoisotopic (exact) mass is 405 g/mol. The summed E-state index contributed by atoms with van der Waals surface area (Å²) in [6.07, 6.45) is 0. The van der Waals surface area contributed by atoms with Gasteiger partial charge in [0.1, 0.15) is 0 Å². The van der Waals surface area contributed by atoms with Crippen LogP contribution in [-0.4, -0.2) is 72.7 Å². The van der Waals surface area contributed by atoms with Gasteiger partial charge in [0.15, 0.2) is 0 Å². The molecule has 2 atom stereocenters. The first-order valence-electron chi connectivity index (χ1n) is 10.2. The van der Waals surface area contributed by atoms with Crippen LogP contribution in [0.25, 0.3) is 0 Å². The summed E-state index contributed by atoms with van der Waals surface area (Å²) in [4.78, 5) is 44.5. The van der Waals surface area contributed by atoms with Gasteiger partial charge in [-0.15, -0.1) is 0 Å². The average Bonchev–Trinajstić information content (AvgIpc) is 3.28. The Morgan fingerprint density at radius 1 is 0.867 bits per heavy atom. The molecule has 2 aromatic rings. The number of carbonyl (C=O) groups is 3. The molecule has 0 N–H and O–H groups in total. The molecular formula is C24H27N3O3. The Morgan fingerprint density at radius 2 is 1.43 bits per heavy atom. The number of aryl methyl sites for hydroxylation is 1. The van der Waals surface area contributed by atoms with Crippen LogP contribution in [0.2, 0.25) is 0 Å². The number of rotatable bonds is 3. The lowest BCUT2D eigenvalue weighted by molar-refractivity contribution is -0.139. The van der Waals surface area contributed by atoms with Crippen LogP contribution in [0.3, 0.4) is 0 Å². The van der Waals surface area contributed by atoms with E-state index in [4.69, 9.17) is 0 Å². The van der Waals surface area contributed by atoms with Crippen molar-refractivity contribution in [2.45, 2.75) is 6.92 Å². The summed E-state index contributed by atoms with van der Waals surface area (Å²) in [6.45, 7) is 3.58. The van der Waals surface area contributed by atoms with Gasteiger partial charge in [-0.05, 0) is 31.2 Å². The van der Waals surface area contributed by atoms with E-state index in [1.165, 1.54) is 0 Å². The lowest BCUT2D eigenvalue weighted by Gasteiger charge is -2.30. The number of benzene rings is 2. The number of hydrogen-bond acceptors (Lipinski definition) is 3. The molecule has 2 heterocycles. The third-order valence-electron chi connectivity index (χ3n) is 6.30. The van der Waals surface area contributed by atoms with Crippen molar-refractivity contribution in [2.75, 3.05) is 40.3 Å². The summed E-state index contributed by atoms with van der Waals surface area (Å²) in [5.41, 5.74) is 1.53. The number of fused-ring (bicyclic) bond motifs is 1. The highest BCUT2D eigenvalue weighted by Gasteiger charge is 2.59. The van der Waals surface area contributed by atoms with E-state index < -0.39 is 5.41 Å². The maximum Gasteiger partial charge on any atom is 0.253 e. The first-order chi connectivity index (χ1) is 14.3. The summed E-state index contributed by atoms with van der Waals surface area (Å²) >= 11 is 0. The normalized spacial score (nSPS) is 22.7. The molecule has 3 amide bonds. The molecule has 4 rings (SSSR count). The lowest BCUT2D eigenvalue weighted by atomic mass is 9.79. The minimum Gasteiger partial charge on any atom is -0.348 e. The van der Waals surface area contributed by atoms with E-state index in [0.29, 0.717) is 37.3 Å². The molecule has 0 radical (unpaired) electrons. The van der Waals surface area contributed by atoms with E-state index in [0.717, 1.165) is 5.56 Å². The average molecular weight is 405 g/mol. The van der Waals surface area contributed by atoms with Crippen molar-refractivity contribution in [2.24, 2.45) is 11.3 Å².